The van der Waals surface area contributed by atoms with Gasteiger partial charge in [0.2, 0.25) is 0 Å². The lowest BCUT2D eigenvalue weighted by Crippen LogP contribution is -2.25. The van der Waals surface area contributed by atoms with Crippen LogP contribution in [0.15, 0.2) is 71.7 Å². The fourth-order valence-electron chi connectivity index (χ4n) is 4.26. The van der Waals surface area contributed by atoms with Crippen molar-refractivity contribution < 1.29 is 4.79 Å². The molecule has 1 aliphatic carbocycles. The van der Waals surface area contributed by atoms with E-state index < -0.39 is 0 Å². The van der Waals surface area contributed by atoms with Crippen LogP contribution >= 0.6 is 11.3 Å². The number of carbonyl (C=O) groups excluding carboxylic acids is 1. The van der Waals surface area contributed by atoms with Crippen LogP contribution in [0.25, 0.3) is 39.3 Å². The summed E-state index contributed by atoms with van der Waals surface area (Å²) < 4.78 is 1.96. The van der Waals surface area contributed by atoms with Crippen LogP contribution in [0.5, 0.6) is 0 Å². The summed E-state index contributed by atoms with van der Waals surface area (Å²) in [6.07, 6.45) is 3.88. The van der Waals surface area contributed by atoms with E-state index in [1.165, 1.54) is 0 Å². The van der Waals surface area contributed by atoms with E-state index in [2.05, 4.69) is 31.0 Å². The molecule has 0 radical (unpaired) electrons. The summed E-state index contributed by atoms with van der Waals surface area (Å²) in [5.74, 6) is 1.92. The smallest absolute Gasteiger partial charge is 0.251 e. The van der Waals surface area contributed by atoms with Gasteiger partial charge in [0.05, 0.1) is 23.3 Å². The minimum atomic E-state index is -0.0471. The van der Waals surface area contributed by atoms with Gasteiger partial charge in [0, 0.05) is 22.5 Å². The molecule has 9 nitrogen and oxygen atoms in total. The zero-order valence-corrected chi connectivity index (χ0v) is 20.5. The topological polar surface area (TPSA) is 113 Å². The average molecular weight is 507 g/mol. The third-order valence-corrected chi connectivity index (χ3v) is 7.03. The number of imidazole rings is 2. The fourth-order valence-corrected chi connectivity index (χ4v) is 4.89. The number of rotatable bonds is 7. The Hall–Kier alpha value is -4.57. The number of para-hydroxylation sites is 2. The van der Waals surface area contributed by atoms with Gasteiger partial charge in [-0.05, 0) is 48.6 Å². The predicted octanol–water partition coefficient (Wildman–Crippen LogP) is 4.92. The molecule has 3 N–H and O–H groups in total. The number of nitrogens with one attached hydrogen (secondary N) is 3. The number of thiophene rings is 1. The van der Waals surface area contributed by atoms with Gasteiger partial charge in [-0.1, -0.05) is 24.3 Å². The largest absolute Gasteiger partial charge is 0.361 e. The van der Waals surface area contributed by atoms with Crippen molar-refractivity contribution in [2.24, 2.45) is 0 Å². The van der Waals surface area contributed by atoms with Gasteiger partial charge < -0.3 is 15.6 Å². The van der Waals surface area contributed by atoms with E-state index in [1.807, 2.05) is 64.5 Å². The van der Waals surface area contributed by atoms with Crippen LogP contribution in [0.3, 0.4) is 0 Å². The molecule has 6 aromatic rings. The number of hydrogen-bond acceptors (Lipinski definition) is 7. The first-order chi connectivity index (χ1) is 18.2. The molecule has 37 heavy (non-hydrogen) atoms. The summed E-state index contributed by atoms with van der Waals surface area (Å²) in [6.45, 7) is 0.450. The second-order valence-corrected chi connectivity index (χ2v) is 9.82. The van der Waals surface area contributed by atoms with E-state index in [0.29, 0.717) is 41.0 Å². The SMILES string of the molecule is O=C(NC1CC1)c1ccc(-c2nc(NCc3nc4ccccc4[nH]3)c3ncn(-c4ccsc4)c3n2)cc1. The molecule has 0 bridgehead atoms. The molecule has 182 valence electrons. The Kier molecular flexibility index (Phi) is 5.17. The lowest BCUT2D eigenvalue weighted by Gasteiger charge is -2.09. The highest BCUT2D eigenvalue weighted by Crippen LogP contribution is 2.28. The Morgan fingerprint density at radius 1 is 1.05 bits per heavy atom. The van der Waals surface area contributed by atoms with E-state index >= 15 is 0 Å². The number of amides is 1. The number of anilines is 1. The molecular weight excluding hydrogens is 484 g/mol. The summed E-state index contributed by atoms with van der Waals surface area (Å²) in [7, 11) is 0. The first-order valence-corrected chi connectivity index (χ1v) is 13.0. The molecular formula is C27H22N8OS. The zero-order chi connectivity index (χ0) is 24.8. The maximum Gasteiger partial charge on any atom is 0.251 e. The van der Waals surface area contributed by atoms with E-state index in [0.717, 1.165) is 41.0 Å². The summed E-state index contributed by atoms with van der Waals surface area (Å²) >= 11 is 1.62. The highest BCUT2D eigenvalue weighted by Gasteiger charge is 2.24. The number of fused-ring (bicyclic) bond motifs is 2. The number of benzene rings is 2. The summed E-state index contributed by atoms with van der Waals surface area (Å²) in [6, 6.07) is 17.7. The summed E-state index contributed by atoms with van der Waals surface area (Å²) in [5.41, 5.74) is 5.71. The van der Waals surface area contributed by atoms with E-state index in [4.69, 9.17) is 9.97 Å². The third kappa shape index (κ3) is 4.21. The first-order valence-electron chi connectivity index (χ1n) is 12.1. The lowest BCUT2D eigenvalue weighted by molar-refractivity contribution is 0.0951. The molecule has 2 aromatic carbocycles. The Bertz CT molecular complexity index is 1700. The molecule has 1 saturated carbocycles. The molecule has 0 aliphatic heterocycles. The van der Waals surface area contributed by atoms with Gasteiger partial charge in [0.1, 0.15) is 12.2 Å². The average Bonchev–Trinajstić information content (AvgIpc) is 3.29. The number of hydrogen-bond donors (Lipinski definition) is 3. The Labute approximate surface area is 215 Å². The number of aromatic amines is 1. The molecule has 0 unspecified atom stereocenters. The van der Waals surface area contributed by atoms with Crippen molar-refractivity contribution in [1.82, 2.24) is 34.8 Å². The lowest BCUT2D eigenvalue weighted by atomic mass is 10.1. The van der Waals surface area contributed by atoms with Gasteiger partial charge in [-0.25, -0.2) is 19.9 Å². The Balaban J connectivity index is 1.25. The van der Waals surface area contributed by atoms with Crippen LogP contribution in [0.4, 0.5) is 5.82 Å². The van der Waals surface area contributed by atoms with Crippen LogP contribution in [0.2, 0.25) is 0 Å². The molecule has 4 aromatic heterocycles. The van der Waals surface area contributed by atoms with Crippen molar-refractivity contribution in [2.75, 3.05) is 5.32 Å². The van der Waals surface area contributed by atoms with Crippen LogP contribution in [-0.2, 0) is 6.54 Å². The van der Waals surface area contributed by atoms with E-state index in [1.54, 1.807) is 17.7 Å². The van der Waals surface area contributed by atoms with Gasteiger partial charge in [-0.15, -0.1) is 0 Å². The Morgan fingerprint density at radius 3 is 2.70 bits per heavy atom. The van der Waals surface area contributed by atoms with Gasteiger partial charge in [-0.2, -0.15) is 11.3 Å². The maximum atomic E-state index is 12.4. The van der Waals surface area contributed by atoms with Gasteiger partial charge >= 0.3 is 0 Å². The summed E-state index contributed by atoms with van der Waals surface area (Å²) in [5, 5.41) is 10.5. The normalized spacial score (nSPS) is 13.3. The molecule has 0 spiro atoms. The minimum Gasteiger partial charge on any atom is -0.361 e. The molecule has 4 heterocycles. The van der Waals surface area contributed by atoms with Gasteiger partial charge in [0.25, 0.3) is 5.91 Å². The van der Waals surface area contributed by atoms with E-state index in [9.17, 15) is 4.79 Å². The van der Waals surface area contributed by atoms with Crippen molar-refractivity contribution in [1.29, 1.82) is 0 Å². The number of carbonyl (C=O) groups is 1. The van der Waals surface area contributed by atoms with Crippen molar-refractivity contribution in [3.8, 4) is 17.1 Å². The maximum absolute atomic E-state index is 12.4. The van der Waals surface area contributed by atoms with Crippen molar-refractivity contribution in [3.63, 3.8) is 0 Å². The zero-order valence-electron chi connectivity index (χ0n) is 19.7. The van der Waals surface area contributed by atoms with Crippen LogP contribution in [0, 0.1) is 0 Å². The molecule has 0 atom stereocenters. The second-order valence-electron chi connectivity index (χ2n) is 9.04. The highest BCUT2D eigenvalue weighted by atomic mass is 32.1. The standard InChI is InChI=1S/C27H22N8OS/c36-27(30-18-9-10-18)17-7-5-16(6-8-17)24-33-25(28-13-22-31-20-3-1-2-4-21(20)32-22)23-26(34-24)35(15-29-23)19-11-12-37-14-19/h1-8,11-12,14-15,18H,9-10,13H2,(H,30,36)(H,31,32)(H,28,33,34). The number of H-pyrrole nitrogens is 1. The van der Waals surface area contributed by atoms with Crippen molar-refractivity contribution in [3.05, 3.63) is 83.1 Å². The van der Waals surface area contributed by atoms with Crippen LogP contribution < -0.4 is 10.6 Å². The predicted molar refractivity (Wildman–Crippen MR) is 144 cm³/mol. The molecule has 10 heteroatoms. The third-order valence-electron chi connectivity index (χ3n) is 6.36. The van der Waals surface area contributed by atoms with E-state index in [-0.39, 0.29) is 5.91 Å². The quantitative estimate of drug-likeness (QED) is 0.283. The minimum absolute atomic E-state index is 0.0471. The molecule has 1 amide bonds. The highest BCUT2D eigenvalue weighted by molar-refractivity contribution is 7.08. The first kappa shape index (κ1) is 21.7. The number of aromatic nitrogens is 6. The van der Waals surface area contributed by atoms with Gasteiger partial charge in [-0.3, -0.25) is 9.36 Å². The van der Waals surface area contributed by atoms with Crippen molar-refractivity contribution >= 4 is 45.3 Å². The van der Waals surface area contributed by atoms with Gasteiger partial charge in [0.15, 0.2) is 22.8 Å². The molecule has 1 aliphatic rings. The number of nitrogens with zero attached hydrogens (tertiary/aromatic N) is 5. The van der Waals surface area contributed by atoms with Crippen molar-refractivity contribution in [2.45, 2.75) is 25.4 Å². The van der Waals surface area contributed by atoms with Crippen LogP contribution in [0.1, 0.15) is 29.0 Å². The molecule has 1 fully saturated rings. The second kappa shape index (κ2) is 8.82. The fraction of sp³-hybridized carbons (Fsp3) is 0.148. The monoisotopic (exact) mass is 506 g/mol. The Morgan fingerprint density at radius 2 is 1.92 bits per heavy atom. The van der Waals surface area contributed by atoms with Crippen LogP contribution in [-0.4, -0.2) is 41.4 Å². The molecule has 0 saturated heterocycles. The summed E-state index contributed by atoms with van der Waals surface area (Å²) in [4.78, 5) is 34.8. The molecule has 7 rings (SSSR count).